The highest BCUT2D eigenvalue weighted by Crippen LogP contribution is 2.27. The summed E-state index contributed by atoms with van der Waals surface area (Å²) in [6.45, 7) is 1.60. The minimum Gasteiger partial charge on any atom is -0.369 e. The van der Waals surface area contributed by atoms with Crippen LogP contribution in [-0.4, -0.2) is 20.0 Å². The molecular formula is C11H15BrF2N2. The fourth-order valence-corrected chi connectivity index (χ4v) is 2.16. The summed E-state index contributed by atoms with van der Waals surface area (Å²) < 4.78 is 25.3. The van der Waals surface area contributed by atoms with Crippen molar-refractivity contribution in [2.75, 3.05) is 18.5 Å². The molecule has 2 nitrogen and oxygen atoms in total. The monoisotopic (exact) mass is 292 g/mol. The van der Waals surface area contributed by atoms with Crippen LogP contribution in [0.3, 0.4) is 0 Å². The molecule has 0 aromatic heterocycles. The van der Waals surface area contributed by atoms with Crippen LogP contribution in [0.2, 0.25) is 0 Å². The number of nitrogens with two attached hydrogens (primary N) is 1. The third kappa shape index (κ3) is 3.42. The van der Waals surface area contributed by atoms with Crippen molar-refractivity contribution >= 4 is 21.6 Å². The first-order chi connectivity index (χ1) is 7.41. The molecule has 0 saturated carbocycles. The Morgan fingerprint density at radius 3 is 2.50 bits per heavy atom. The first kappa shape index (κ1) is 13.4. The summed E-state index contributed by atoms with van der Waals surface area (Å²) in [4.78, 5) is 1.51. The van der Waals surface area contributed by atoms with Gasteiger partial charge in [-0.2, -0.15) is 0 Å². The summed E-state index contributed by atoms with van der Waals surface area (Å²) in [5.74, 6) is 0. The molecule has 2 N–H and O–H groups in total. The van der Waals surface area contributed by atoms with E-state index in [0.29, 0.717) is 0 Å². The van der Waals surface area contributed by atoms with Crippen LogP contribution in [0.5, 0.6) is 0 Å². The summed E-state index contributed by atoms with van der Waals surface area (Å²) in [7, 11) is 1.64. The van der Waals surface area contributed by atoms with E-state index in [-0.39, 0.29) is 12.6 Å². The zero-order valence-corrected chi connectivity index (χ0v) is 10.8. The van der Waals surface area contributed by atoms with Gasteiger partial charge in [0.2, 0.25) is 0 Å². The van der Waals surface area contributed by atoms with Gasteiger partial charge in [-0.3, -0.25) is 0 Å². The standard InChI is InChI=1S/C11H15BrF2N2/c1-7(15)9-4-3-8(5-10(9)12)16(2)6-11(13)14/h3-5,7,11H,6,15H2,1-2H3/t7-/m1/s1. The van der Waals surface area contributed by atoms with Crippen LogP contribution in [0.4, 0.5) is 14.5 Å². The van der Waals surface area contributed by atoms with Crippen molar-refractivity contribution in [3.05, 3.63) is 28.2 Å². The molecule has 0 spiro atoms. The number of halogens is 3. The number of benzene rings is 1. The van der Waals surface area contributed by atoms with Gasteiger partial charge in [-0.15, -0.1) is 0 Å². The number of nitrogens with zero attached hydrogens (tertiary/aromatic N) is 1. The second-order valence-corrected chi connectivity index (χ2v) is 4.62. The van der Waals surface area contributed by atoms with Gasteiger partial charge in [-0.25, -0.2) is 8.78 Å². The maximum atomic E-state index is 12.2. The van der Waals surface area contributed by atoms with E-state index in [9.17, 15) is 8.78 Å². The molecule has 0 fully saturated rings. The maximum Gasteiger partial charge on any atom is 0.255 e. The van der Waals surface area contributed by atoms with Gasteiger partial charge in [0.1, 0.15) is 0 Å². The summed E-state index contributed by atoms with van der Waals surface area (Å²) in [5, 5.41) is 0. The van der Waals surface area contributed by atoms with Gasteiger partial charge in [0.05, 0.1) is 6.54 Å². The van der Waals surface area contributed by atoms with Gasteiger partial charge in [-0.1, -0.05) is 22.0 Å². The van der Waals surface area contributed by atoms with Gasteiger partial charge >= 0.3 is 0 Å². The highest BCUT2D eigenvalue weighted by molar-refractivity contribution is 9.10. The number of anilines is 1. The molecule has 0 heterocycles. The Balaban J connectivity index is 2.88. The Kier molecular flexibility index (Phi) is 4.68. The quantitative estimate of drug-likeness (QED) is 0.924. The molecule has 0 amide bonds. The molecule has 0 unspecified atom stereocenters. The van der Waals surface area contributed by atoms with Crippen LogP contribution in [0.15, 0.2) is 22.7 Å². The molecule has 0 aliphatic heterocycles. The molecule has 1 atom stereocenters. The third-order valence-corrected chi connectivity index (χ3v) is 3.01. The molecule has 0 aliphatic rings. The lowest BCUT2D eigenvalue weighted by Crippen LogP contribution is -2.24. The molecule has 0 bridgehead atoms. The number of alkyl halides is 2. The largest absolute Gasteiger partial charge is 0.369 e. The van der Waals surface area contributed by atoms with Crippen LogP contribution < -0.4 is 10.6 Å². The van der Waals surface area contributed by atoms with E-state index >= 15 is 0 Å². The lowest BCUT2D eigenvalue weighted by Gasteiger charge is -2.20. The zero-order chi connectivity index (χ0) is 12.3. The Bertz CT molecular complexity index is 356. The lowest BCUT2D eigenvalue weighted by molar-refractivity contribution is 0.156. The van der Waals surface area contributed by atoms with Crippen LogP contribution in [0.1, 0.15) is 18.5 Å². The molecular weight excluding hydrogens is 278 g/mol. The lowest BCUT2D eigenvalue weighted by atomic mass is 10.1. The SMILES string of the molecule is C[C@@H](N)c1ccc(N(C)CC(F)F)cc1Br. The second-order valence-electron chi connectivity index (χ2n) is 3.77. The van der Waals surface area contributed by atoms with E-state index in [4.69, 9.17) is 5.73 Å². The van der Waals surface area contributed by atoms with E-state index < -0.39 is 6.43 Å². The summed E-state index contributed by atoms with van der Waals surface area (Å²) in [6.07, 6.45) is -2.34. The average molecular weight is 293 g/mol. The van der Waals surface area contributed by atoms with Gasteiger partial charge in [-0.05, 0) is 24.6 Å². The minimum atomic E-state index is -2.34. The Morgan fingerprint density at radius 2 is 2.06 bits per heavy atom. The van der Waals surface area contributed by atoms with Crippen LogP contribution in [-0.2, 0) is 0 Å². The summed E-state index contributed by atoms with van der Waals surface area (Å²) in [6, 6.07) is 5.38. The van der Waals surface area contributed by atoms with Crippen LogP contribution >= 0.6 is 15.9 Å². The predicted molar refractivity (Wildman–Crippen MR) is 66.0 cm³/mol. The molecule has 0 saturated heterocycles. The van der Waals surface area contributed by atoms with E-state index in [1.165, 1.54) is 4.90 Å². The van der Waals surface area contributed by atoms with Gasteiger partial charge in [0, 0.05) is 23.2 Å². The number of hydrogen-bond donors (Lipinski definition) is 1. The molecule has 0 radical (unpaired) electrons. The van der Waals surface area contributed by atoms with Gasteiger partial charge in [0.25, 0.3) is 6.43 Å². The first-order valence-corrected chi connectivity index (χ1v) is 5.75. The van der Waals surface area contributed by atoms with Crippen molar-refractivity contribution in [3.8, 4) is 0 Å². The summed E-state index contributed by atoms with van der Waals surface area (Å²) >= 11 is 3.39. The third-order valence-electron chi connectivity index (χ3n) is 2.33. The predicted octanol–water partition coefficient (Wildman–Crippen LogP) is 3.17. The van der Waals surface area contributed by atoms with Crippen molar-refractivity contribution < 1.29 is 8.78 Å². The van der Waals surface area contributed by atoms with Crippen molar-refractivity contribution in [1.29, 1.82) is 0 Å². The molecule has 1 aromatic carbocycles. The number of hydrogen-bond acceptors (Lipinski definition) is 2. The minimum absolute atomic E-state index is 0.0798. The van der Waals surface area contributed by atoms with Gasteiger partial charge in [0.15, 0.2) is 0 Å². The van der Waals surface area contributed by atoms with Crippen molar-refractivity contribution in [1.82, 2.24) is 0 Å². The second kappa shape index (κ2) is 5.59. The fourth-order valence-electron chi connectivity index (χ4n) is 1.44. The highest BCUT2D eigenvalue weighted by Gasteiger charge is 2.11. The molecule has 90 valence electrons. The normalized spacial score (nSPS) is 12.9. The Labute approximate surface area is 103 Å². The van der Waals surface area contributed by atoms with Crippen LogP contribution in [0, 0.1) is 0 Å². The van der Waals surface area contributed by atoms with Crippen molar-refractivity contribution in [2.45, 2.75) is 19.4 Å². The van der Waals surface area contributed by atoms with E-state index in [2.05, 4.69) is 15.9 Å². The highest BCUT2D eigenvalue weighted by atomic mass is 79.9. The molecule has 1 aromatic rings. The zero-order valence-electron chi connectivity index (χ0n) is 9.25. The Hall–Kier alpha value is -0.680. The first-order valence-electron chi connectivity index (χ1n) is 4.96. The Morgan fingerprint density at radius 1 is 1.44 bits per heavy atom. The molecule has 16 heavy (non-hydrogen) atoms. The van der Waals surface area contributed by atoms with Crippen LogP contribution in [0.25, 0.3) is 0 Å². The topological polar surface area (TPSA) is 29.3 Å². The van der Waals surface area contributed by atoms with E-state index in [1.807, 2.05) is 13.0 Å². The molecule has 0 aliphatic carbocycles. The fraction of sp³-hybridized carbons (Fsp3) is 0.455. The summed E-state index contributed by atoms with van der Waals surface area (Å²) in [5.41, 5.74) is 7.47. The van der Waals surface area contributed by atoms with Gasteiger partial charge < -0.3 is 10.6 Å². The van der Waals surface area contributed by atoms with Crippen molar-refractivity contribution in [2.24, 2.45) is 5.73 Å². The molecule has 1 rings (SSSR count). The number of rotatable bonds is 4. The van der Waals surface area contributed by atoms with E-state index in [1.54, 1.807) is 19.2 Å². The van der Waals surface area contributed by atoms with E-state index in [0.717, 1.165) is 15.7 Å². The maximum absolute atomic E-state index is 12.2. The smallest absolute Gasteiger partial charge is 0.255 e. The van der Waals surface area contributed by atoms with Crippen molar-refractivity contribution in [3.63, 3.8) is 0 Å². The average Bonchev–Trinajstić information content (AvgIpc) is 2.15. The molecule has 5 heteroatoms.